The molecule has 3 N–H and O–H groups in total. The second-order valence-corrected chi connectivity index (χ2v) is 4.49. The Bertz CT molecular complexity index is 332. The molecule has 0 aromatic heterocycles. The molecule has 1 aliphatic rings. The summed E-state index contributed by atoms with van der Waals surface area (Å²) in [7, 11) is 0. The number of rotatable bonds is 2. The van der Waals surface area contributed by atoms with Crippen molar-refractivity contribution in [1.82, 2.24) is 5.32 Å². The molecule has 3 heteroatoms. The summed E-state index contributed by atoms with van der Waals surface area (Å²) in [6, 6.07) is 6.69. The lowest BCUT2D eigenvalue weighted by atomic mass is 9.88. The van der Waals surface area contributed by atoms with E-state index >= 15 is 0 Å². The molecule has 16 heavy (non-hydrogen) atoms. The van der Waals surface area contributed by atoms with Crippen LogP contribution in [0.3, 0.4) is 0 Å². The number of benzene rings is 1. The Morgan fingerprint density at radius 3 is 2.88 bits per heavy atom. The molecule has 88 valence electrons. The maximum absolute atomic E-state index is 13.6. The van der Waals surface area contributed by atoms with Gasteiger partial charge in [-0.05, 0) is 44.3 Å². The molecule has 1 saturated heterocycles. The fraction of sp³-hybridized carbons (Fsp3) is 0.538. The topological polar surface area (TPSA) is 38.0 Å². The van der Waals surface area contributed by atoms with Gasteiger partial charge < -0.3 is 11.1 Å². The molecule has 0 aliphatic carbocycles. The summed E-state index contributed by atoms with van der Waals surface area (Å²) in [4.78, 5) is 0. The number of nitrogens with one attached hydrogen (secondary N) is 1. The lowest BCUT2D eigenvalue weighted by Gasteiger charge is -2.22. The molecule has 0 amide bonds. The van der Waals surface area contributed by atoms with E-state index in [0.29, 0.717) is 11.5 Å². The van der Waals surface area contributed by atoms with Gasteiger partial charge in [0.25, 0.3) is 0 Å². The SMILES string of the molecule is NC(c1ccccc1F)C1CCCNCC1. The average molecular weight is 222 g/mol. The predicted molar refractivity (Wildman–Crippen MR) is 63.5 cm³/mol. The summed E-state index contributed by atoms with van der Waals surface area (Å²) in [5.74, 6) is 0.221. The maximum Gasteiger partial charge on any atom is 0.127 e. The molecule has 0 radical (unpaired) electrons. The Balaban J connectivity index is 2.11. The third-order valence-electron chi connectivity index (χ3n) is 3.39. The molecule has 0 saturated carbocycles. The Hall–Kier alpha value is -0.930. The van der Waals surface area contributed by atoms with Gasteiger partial charge in [-0.25, -0.2) is 4.39 Å². The Morgan fingerprint density at radius 1 is 1.25 bits per heavy atom. The van der Waals surface area contributed by atoms with Crippen molar-refractivity contribution < 1.29 is 4.39 Å². The van der Waals surface area contributed by atoms with Gasteiger partial charge in [-0.15, -0.1) is 0 Å². The molecule has 2 atom stereocenters. The van der Waals surface area contributed by atoms with E-state index in [0.717, 1.165) is 32.4 Å². The normalized spacial score (nSPS) is 23.8. The van der Waals surface area contributed by atoms with Crippen LogP contribution in [0, 0.1) is 11.7 Å². The van der Waals surface area contributed by atoms with E-state index in [2.05, 4.69) is 5.32 Å². The van der Waals surface area contributed by atoms with Crippen molar-refractivity contribution in [1.29, 1.82) is 0 Å². The van der Waals surface area contributed by atoms with Crippen molar-refractivity contribution >= 4 is 0 Å². The minimum Gasteiger partial charge on any atom is -0.324 e. The lowest BCUT2D eigenvalue weighted by molar-refractivity contribution is 0.381. The minimum atomic E-state index is -0.174. The highest BCUT2D eigenvalue weighted by molar-refractivity contribution is 5.21. The first kappa shape index (κ1) is 11.6. The molecule has 1 heterocycles. The molecular weight excluding hydrogens is 203 g/mol. The third-order valence-corrected chi connectivity index (χ3v) is 3.39. The molecule has 1 aromatic carbocycles. The summed E-state index contributed by atoms with van der Waals surface area (Å²) in [5, 5.41) is 3.35. The predicted octanol–water partition coefficient (Wildman–Crippen LogP) is 2.22. The molecule has 1 aromatic rings. The van der Waals surface area contributed by atoms with Crippen LogP contribution in [0.5, 0.6) is 0 Å². The summed E-state index contributed by atoms with van der Waals surface area (Å²) in [6.45, 7) is 2.05. The molecule has 2 unspecified atom stereocenters. The fourth-order valence-corrected chi connectivity index (χ4v) is 2.40. The molecule has 1 fully saturated rings. The summed E-state index contributed by atoms with van der Waals surface area (Å²) >= 11 is 0. The monoisotopic (exact) mass is 222 g/mol. The smallest absolute Gasteiger partial charge is 0.127 e. The van der Waals surface area contributed by atoms with Gasteiger partial charge in [0, 0.05) is 11.6 Å². The maximum atomic E-state index is 13.6. The van der Waals surface area contributed by atoms with E-state index in [9.17, 15) is 4.39 Å². The highest BCUT2D eigenvalue weighted by atomic mass is 19.1. The van der Waals surface area contributed by atoms with Crippen LogP contribution in [0.4, 0.5) is 4.39 Å². The first-order valence-electron chi connectivity index (χ1n) is 6.00. The van der Waals surface area contributed by atoms with Crippen molar-refractivity contribution in [3.63, 3.8) is 0 Å². The Morgan fingerprint density at radius 2 is 2.06 bits per heavy atom. The zero-order valence-electron chi connectivity index (χ0n) is 9.45. The van der Waals surface area contributed by atoms with Crippen molar-refractivity contribution in [2.75, 3.05) is 13.1 Å². The molecule has 1 aliphatic heterocycles. The van der Waals surface area contributed by atoms with Crippen LogP contribution in [0.15, 0.2) is 24.3 Å². The van der Waals surface area contributed by atoms with E-state index in [1.165, 1.54) is 6.07 Å². The van der Waals surface area contributed by atoms with E-state index < -0.39 is 0 Å². The van der Waals surface area contributed by atoms with Gasteiger partial charge in [0.2, 0.25) is 0 Å². The molecule has 0 spiro atoms. The van der Waals surface area contributed by atoms with Gasteiger partial charge in [0.05, 0.1) is 0 Å². The fourth-order valence-electron chi connectivity index (χ4n) is 2.40. The highest BCUT2D eigenvalue weighted by Crippen LogP contribution is 2.28. The first-order valence-corrected chi connectivity index (χ1v) is 6.00. The van der Waals surface area contributed by atoms with Crippen LogP contribution in [0.25, 0.3) is 0 Å². The van der Waals surface area contributed by atoms with Crippen molar-refractivity contribution in [3.8, 4) is 0 Å². The first-order chi connectivity index (χ1) is 7.79. The zero-order chi connectivity index (χ0) is 11.4. The van der Waals surface area contributed by atoms with Gasteiger partial charge >= 0.3 is 0 Å². The number of hydrogen-bond donors (Lipinski definition) is 2. The molecule has 2 nitrogen and oxygen atoms in total. The van der Waals surface area contributed by atoms with Crippen LogP contribution in [-0.4, -0.2) is 13.1 Å². The molecule has 2 rings (SSSR count). The van der Waals surface area contributed by atoms with Gasteiger partial charge in [0.15, 0.2) is 0 Å². The van der Waals surface area contributed by atoms with E-state index in [1.807, 2.05) is 6.07 Å². The average Bonchev–Trinajstić information content (AvgIpc) is 2.57. The van der Waals surface area contributed by atoms with Gasteiger partial charge in [0.1, 0.15) is 5.82 Å². The molecule has 0 bridgehead atoms. The minimum absolute atomic E-state index is 0.166. The standard InChI is InChI=1S/C13H19FN2/c14-12-6-2-1-5-11(12)13(15)10-4-3-8-16-9-7-10/h1-2,5-6,10,13,16H,3-4,7-9,15H2. The highest BCUT2D eigenvalue weighted by Gasteiger charge is 2.22. The van der Waals surface area contributed by atoms with Crippen molar-refractivity contribution in [2.24, 2.45) is 11.7 Å². The van der Waals surface area contributed by atoms with E-state index in [4.69, 9.17) is 5.73 Å². The van der Waals surface area contributed by atoms with Crippen molar-refractivity contribution in [3.05, 3.63) is 35.6 Å². The zero-order valence-corrected chi connectivity index (χ0v) is 9.45. The number of halogens is 1. The van der Waals surface area contributed by atoms with E-state index in [1.54, 1.807) is 12.1 Å². The van der Waals surface area contributed by atoms with Crippen LogP contribution in [-0.2, 0) is 0 Å². The Labute approximate surface area is 96.0 Å². The number of hydrogen-bond acceptors (Lipinski definition) is 2. The number of nitrogens with two attached hydrogens (primary N) is 1. The molecular formula is C13H19FN2. The van der Waals surface area contributed by atoms with Crippen LogP contribution in [0.1, 0.15) is 30.9 Å². The third kappa shape index (κ3) is 2.60. The largest absolute Gasteiger partial charge is 0.324 e. The Kier molecular flexibility index (Phi) is 3.91. The van der Waals surface area contributed by atoms with E-state index in [-0.39, 0.29) is 11.9 Å². The van der Waals surface area contributed by atoms with Gasteiger partial charge in [-0.3, -0.25) is 0 Å². The van der Waals surface area contributed by atoms with Crippen LogP contribution < -0.4 is 11.1 Å². The summed E-state index contributed by atoms with van der Waals surface area (Å²) < 4.78 is 13.6. The van der Waals surface area contributed by atoms with Gasteiger partial charge in [-0.2, -0.15) is 0 Å². The summed E-state index contributed by atoms with van der Waals surface area (Å²) in [5.41, 5.74) is 6.83. The second-order valence-electron chi connectivity index (χ2n) is 4.49. The van der Waals surface area contributed by atoms with Crippen LogP contribution in [0.2, 0.25) is 0 Å². The summed E-state index contributed by atoms with van der Waals surface area (Å²) in [6.07, 6.45) is 3.25. The quantitative estimate of drug-likeness (QED) is 0.805. The van der Waals surface area contributed by atoms with Crippen LogP contribution >= 0.6 is 0 Å². The lowest BCUT2D eigenvalue weighted by Crippen LogP contribution is -2.23. The van der Waals surface area contributed by atoms with Gasteiger partial charge in [-0.1, -0.05) is 18.2 Å². The second kappa shape index (κ2) is 5.41. The van der Waals surface area contributed by atoms with Crippen molar-refractivity contribution in [2.45, 2.75) is 25.3 Å².